The quantitative estimate of drug-likeness (QED) is 0.851. The molecule has 0 fully saturated rings. The van der Waals surface area contributed by atoms with Gasteiger partial charge in [-0.15, -0.1) is 0 Å². The van der Waals surface area contributed by atoms with E-state index in [0.29, 0.717) is 33.0 Å². The van der Waals surface area contributed by atoms with Gasteiger partial charge in [0.05, 0.1) is 12.8 Å². The van der Waals surface area contributed by atoms with Crippen LogP contribution in [0.3, 0.4) is 0 Å². The monoisotopic (exact) mass is 283 g/mol. The summed E-state index contributed by atoms with van der Waals surface area (Å²) in [5.41, 5.74) is 6.33. The Morgan fingerprint density at radius 2 is 1.61 bits per heavy atom. The average Bonchev–Trinajstić information content (AvgIpc) is 2.30. The summed E-state index contributed by atoms with van der Waals surface area (Å²) < 4.78 is 10.7. The van der Waals surface area contributed by atoms with Crippen LogP contribution in [0.5, 0.6) is 17.2 Å². The molecule has 18 heavy (non-hydrogen) atoms. The molecular formula is C13H11Cl2NO2. The van der Waals surface area contributed by atoms with E-state index in [4.69, 9.17) is 38.4 Å². The van der Waals surface area contributed by atoms with Gasteiger partial charge in [0.25, 0.3) is 0 Å². The zero-order valence-corrected chi connectivity index (χ0v) is 11.1. The minimum Gasteiger partial charge on any atom is -0.497 e. The molecule has 0 amide bonds. The molecule has 0 atom stereocenters. The van der Waals surface area contributed by atoms with E-state index in [1.54, 1.807) is 43.5 Å². The summed E-state index contributed by atoms with van der Waals surface area (Å²) in [6, 6.07) is 10.1. The summed E-state index contributed by atoms with van der Waals surface area (Å²) in [6.45, 7) is 0. The van der Waals surface area contributed by atoms with Crippen LogP contribution in [0.25, 0.3) is 0 Å². The number of ether oxygens (including phenoxy) is 2. The summed E-state index contributed by atoms with van der Waals surface area (Å²) in [4.78, 5) is 0. The minimum atomic E-state index is 0.477. The van der Waals surface area contributed by atoms with E-state index >= 15 is 0 Å². The van der Waals surface area contributed by atoms with Gasteiger partial charge in [0.1, 0.15) is 11.5 Å². The molecule has 3 nitrogen and oxygen atoms in total. The Hall–Kier alpha value is -1.58. The number of methoxy groups -OCH3 is 1. The molecule has 5 heteroatoms. The first-order chi connectivity index (χ1) is 8.58. The van der Waals surface area contributed by atoms with Crippen molar-refractivity contribution < 1.29 is 9.47 Å². The number of nitrogens with two attached hydrogens (primary N) is 1. The van der Waals surface area contributed by atoms with Crippen molar-refractivity contribution in [1.82, 2.24) is 0 Å². The first-order valence-corrected chi connectivity index (χ1v) is 5.91. The fourth-order valence-electron chi connectivity index (χ4n) is 1.46. The molecule has 0 aliphatic heterocycles. The maximum Gasteiger partial charge on any atom is 0.150 e. The molecule has 0 radical (unpaired) electrons. The van der Waals surface area contributed by atoms with Gasteiger partial charge < -0.3 is 15.2 Å². The van der Waals surface area contributed by atoms with Crippen LogP contribution in [0.15, 0.2) is 36.4 Å². The fraction of sp³-hybridized carbons (Fsp3) is 0.0769. The normalized spacial score (nSPS) is 10.2. The van der Waals surface area contributed by atoms with Crippen LogP contribution in [0.2, 0.25) is 10.0 Å². The maximum absolute atomic E-state index is 5.89. The predicted molar refractivity (Wildman–Crippen MR) is 73.9 cm³/mol. The van der Waals surface area contributed by atoms with Gasteiger partial charge in [-0.3, -0.25) is 0 Å². The third-order valence-corrected chi connectivity index (χ3v) is 2.72. The van der Waals surface area contributed by atoms with Crippen LogP contribution in [0.1, 0.15) is 0 Å². The van der Waals surface area contributed by atoms with Crippen molar-refractivity contribution in [3.05, 3.63) is 46.4 Å². The third-order valence-electron chi connectivity index (χ3n) is 2.28. The highest BCUT2D eigenvalue weighted by Crippen LogP contribution is 2.33. The van der Waals surface area contributed by atoms with Crippen molar-refractivity contribution >= 4 is 28.9 Å². The second kappa shape index (κ2) is 5.38. The van der Waals surface area contributed by atoms with Gasteiger partial charge in [0.2, 0.25) is 0 Å². The summed E-state index contributed by atoms with van der Waals surface area (Å²) in [5.74, 6) is 1.72. The van der Waals surface area contributed by atoms with Crippen LogP contribution in [0.4, 0.5) is 5.69 Å². The summed E-state index contributed by atoms with van der Waals surface area (Å²) in [6.07, 6.45) is 0. The molecule has 0 spiro atoms. The van der Waals surface area contributed by atoms with E-state index in [0.717, 1.165) is 0 Å². The minimum absolute atomic E-state index is 0.477. The summed E-state index contributed by atoms with van der Waals surface area (Å²) in [5, 5.41) is 1.01. The topological polar surface area (TPSA) is 44.5 Å². The summed E-state index contributed by atoms with van der Waals surface area (Å²) in [7, 11) is 1.58. The highest BCUT2D eigenvalue weighted by atomic mass is 35.5. The van der Waals surface area contributed by atoms with E-state index in [-0.39, 0.29) is 0 Å². The van der Waals surface area contributed by atoms with E-state index in [1.807, 2.05) is 0 Å². The molecule has 0 saturated carbocycles. The lowest BCUT2D eigenvalue weighted by atomic mass is 10.2. The van der Waals surface area contributed by atoms with Gasteiger partial charge >= 0.3 is 0 Å². The van der Waals surface area contributed by atoms with Crippen LogP contribution in [0, 0.1) is 0 Å². The lowest BCUT2D eigenvalue weighted by molar-refractivity contribution is 0.413. The Bertz CT molecular complexity index is 553. The molecule has 94 valence electrons. The molecule has 2 aromatic carbocycles. The number of hydrogen-bond acceptors (Lipinski definition) is 3. The Kier molecular flexibility index (Phi) is 3.84. The highest BCUT2D eigenvalue weighted by molar-refractivity contribution is 6.34. The smallest absolute Gasteiger partial charge is 0.150 e. The van der Waals surface area contributed by atoms with Crippen LogP contribution in [-0.4, -0.2) is 7.11 Å². The molecule has 0 heterocycles. The number of halogens is 2. The predicted octanol–water partition coefficient (Wildman–Crippen LogP) is 4.38. The highest BCUT2D eigenvalue weighted by Gasteiger charge is 2.05. The second-order valence-electron chi connectivity index (χ2n) is 3.61. The number of rotatable bonds is 3. The van der Waals surface area contributed by atoms with Crippen molar-refractivity contribution in [3.8, 4) is 17.2 Å². The third kappa shape index (κ3) is 3.00. The molecule has 2 aromatic rings. The van der Waals surface area contributed by atoms with Crippen LogP contribution >= 0.6 is 23.2 Å². The average molecular weight is 284 g/mol. The van der Waals surface area contributed by atoms with Crippen molar-refractivity contribution in [2.45, 2.75) is 0 Å². The Morgan fingerprint density at radius 3 is 2.17 bits per heavy atom. The zero-order chi connectivity index (χ0) is 13.1. The van der Waals surface area contributed by atoms with Crippen LogP contribution < -0.4 is 15.2 Å². The zero-order valence-electron chi connectivity index (χ0n) is 9.61. The Morgan fingerprint density at radius 1 is 0.944 bits per heavy atom. The first kappa shape index (κ1) is 12.9. The van der Waals surface area contributed by atoms with Crippen LogP contribution in [-0.2, 0) is 0 Å². The molecule has 0 aliphatic rings. The molecule has 0 saturated heterocycles. The second-order valence-corrected chi connectivity index (χ2v) is 4.48. The van der Waals surface area contributed by atoms with Gasteiger partial charge in [-0.2, -0.15) is 0 Å². The Labute approximate surface area is 115 Å². The van der Waals surface area contributed by atoms with Crippen molar-refractivity contribution in [2.75, 3.05) is 12.8 Å². The SMILES string of the molecule is COc1ccc(Oc2cc(Cl)cc(Cl)c2)c(N)c1. The van der Waals surface area contributed by atoms with Gasteiger partial charge in [-0.25, -0.2) is 0 Å². The molecule has 2 rings (SSSR count). The molecule has 0 aliphatic carbocycles. The largest absolute Gasteiger partial charge is 0.497 e. The molecule has 0 unspecified atom stereocenters. The van der Waals surface area contributed by atoms with Gasteiger partial charge in [-0.1, -0.05) is 23.2 Å². The molecule has 2 N–H and O–H groups in total. The van der Waals surface area contributed by atoms with Gasteiger partial charge in [0, 0.05) is 16.1 Å². The molecule has 0 aromatic heterocycles. The van der Waals surface area contributed by atoms with E-state index in [2.05, 4.69) is 0 Å². The van der Waals surface area contributed by atoms with Crippen molar-refractivity contribution in [1.29, 1.82) is 0 Å². The lowest BCUT2D eigenvalue weighted by Gasteiger charge is -2.10. The molecule has 0 bridgehead atoms. The van der Waals surface area contributed by atoms with E-state index in [9.17, 15) is 0 Å². The van der Waals surface area contributed by atoms with Crippen molar-refractivity contribution in [3.63, 3.8) is 0 Å². The Balaban J connectivity index is 2.28. The molecular weight excluding hydrogens is 273 g/mol. The van der Waals surface area contributed by atoms with E-state index in [1.165, 1.54) is 0 Å². The van der Waals surface area contributed by atoms with Gasteiger partial charge in [0.15, 0.2) is 5.75 Å². The number of anilines is 1. The van der Waals surface area contributed by atoms with E-state index < -0.39 is 0 Å². The number of nitrogen functional groups attached to an aromatic ring is 1. The lowest BCUT2D eigenvalue weighted by Crippen LogP contribution is -1.93. The van der Waals surface area contributed by atoms with Gasteiger partial charge in [-0.05, 0) is 30.3 Å². The maximum atomic E-state index is 5.89. The first-order valence-electron chi connectivity index (χ1n) is 5.16. The number of hydrogen-bond donors (Lipinski definition) is 1. The standard InChI is InChI=1S/C13H11Cl2NO2/c1-17-10-2-3-13(12(16)7-10)18-11-5-8(14)4-9(15)6-11/h2-7H,16H2,1H3. The fourth-order valence-corrected chi connectivity index (χ4v) is 1.97. The summed E-state index contributed by atoms with van der Waals surface area (Å²) >= 11 is 11.8. The van der Waals surface area contributed by atoms with Crippen molar-refractivity contribution in [2.24, 2.45) is 0 Å². The number of benzene rings is 2.